The summed E-state index contributed by atoms with van der Waals surface area (Å²) in [5.74, 6) is 8.02. The standard InChI is InChI=1S/C15H14N4O2/c1-3-4-7-19(9-12-6-5-8-20-12)14-13-15(17-10-16-14)21-11(2)18-13/h5-6,8,10H,7,9H2,1-2H3. The third-order valence-corrected chi connectivity index (χ3v) is 2.96. The highest BCUT2D eigenvalue weighted by molar-refractivity contribution is 5.81. The Labute approximate surface area is 121 Å². The van der Waals surface area contributed by atoms with Gasteiger partial charge in [0.2, 0.25) is 0 Å². The summed E-state index contributed by atoms with van der Waals surface area (Å²) in [5.41, 5.74) is 1.12. The second-order valence-electron chi connectivity index (χ2n) is 4.45. The van der Waals surface area contributed by atoms with E-state index in [-0.39, 0.29) is 0 Å². The molecule has 0 saturated carbocycles. The summed E-state index contributed by atoms with van der Waals surface area (Å²) in [6, 6.07) is 3.77. The Hall–Kier alpha value is -2.81. The van der Waals surface area contributed by atoms with Crippen molar-refractivity contribution in [2.24, 2.45) is 0 Å². The third-order valence-electron chi connectivity index (χ3n) is 2.96. The molecule has 0 amide bonds. The summed E-state index contributed by atoms with van der Waals surface area (Å²) in [6.45, 7) is 4.67. The molecule has 0 spiro atoms. The normalized spacial score (nSPS) is 10.4. The van der Waals surface area contributed by atoms with Crippen LogP contribution in [0.5, 0.6) is 0 Å². The van der Waals surface area contributed by atoms with Crippen molar-refractivity contribution in [2.75, 3.05) is 11.4 Å². The fourth-order valence-corrected chi connectivity index (χ4v) is 2.05. The number of furan rings is 1. The fraction of sp³-hybridized carbons (Fsp3) is 0.267. The summed E-state index contributed by atoms with van der Waals surface area (Å²) >= 11 is 0. The molecule has 106 valence electrons. The average molecular weight is 282 g/mol. The van der Waals surface area contributed by atoms with Gasteiger partial charge in [0, 0.05) is 6.92 Å². The van der Waals surface area contributed by atoms with Crippen LogP contribution >= 0.6 is 0 Å². The molecule has 0 atom stereocenters. The molecule has 0 N–H and O–H groups in total. The second-order valence-corrected chi connectivity index (χ2v) is 4.45. The Bertz CT molecular complexity index is 796. The van der Waals surface area contributed by atoms with Crippen LogP contribution in [0.4, 0.5) is 5.82 Å². The van der Waals surface area contributed by atoms with Gasteiger partial charge in [0.05, 0.1) is 19.4 Å². The fourth-order valence-electron chi connectivity index (χ4n) is 2.05. The lowest BCUT2D eigenvalue weighted by Gasteiger charge is -2.19. The Morgan fingerprint density at radius 3 is 3.00 bits per heavy atom. The molecule has 0 unspecified atom stereocenters. The van der Waals surface area contributed by atoms with E-state index < -0.39 is 0 Å². The van der Waals surface area contributed by atoms with Gasteiger partial charge in [-0.3, -0.25) is 0 Å². The van der Waals surface area contributed by atoms with Crippen molar-refractivity contribution >= 4 is 17.0 Å². The molecule has 0 bridgehead atoms. The minimum atomic E-state index is 0.478. The topological polar surface area (TPSA) is 68.2 Å². The van der Waals surface area contributed by atoms with Crippen LogP contribution in [0.3, 0.4) is 0 Å². The van der Waals surface area contributed by atoms with Crippen molar-refractivity contribution in [3.8, 4) is 11.8 Å². The van der Waals surface area contributed by atoms with Crippen LogP contribution in [0, 0.1) is 18.8 Å². The van der Waals surface area contributed by atoms with E-state index in [1.807, 2.05) is 17.0 Å². The first-order valence-corrected chi connectivity index (χ1v) is 6.53. The van der Waals surface area contributed by atoms with Crippen molar-refractivity contribution in [3.63, 3.8) is 0 Å². The largest absolute Gasteiger partial charge is 0.467 e. The zero-order chi connectivity index (χ0) is 14.7. The number of nitrogens with zero attached hydrogens (tertiary/aromatic N) is 4. The van der Waals surface area contributed by atoms with E-state index in [0.29, 0.717) is 36.0 Å². The lowest BCUT2D eigenvalue weighted by molar-refractivity contribution is 0.505. The Morgan fingerprint density at radius 1 is 1.33 bits per heavy atom. The van der Waals surface area contributed by atoms with Crippen molar-refractivity contribution in [2.45, 2.75) is 20.4 Å². The highest BCUT2D eigenvalue weighted by atomic mass is 16.4. The second kappa shape index (κ2) is 5.67. The minimum absolute atomic E-state index is 0.478. The summed E-state index contributed by atoms with van der Waals surface area (Å²) in [7, 11) is 0. The number of anilines is 1. The minimum Gasteiger partial charge on any atom is -0.467 e. The Morgan fingerprint density at radius 2 is 2.24 bits per heavy atom. The molecule has 21 heavy (non-hydrogen) atoms. The zero-order valence-corrected chi connectivity index (χ0v) is 11.8. The van der Waals surface area contributed by atoms with Gasteiger partial charge in [-0.1, -0.05) is 5.92 Å². The van der Waals surface area contributed by atoms with E-state index in [9.17, 15) is 0 Å². The molecule has 3 aromatic rings. The highest BCUT2D eigenvalue weighted by Crippen LogP contribution is 2.24. The number of hydrogen-bond donors (Lipinski definition) is 0. The summed E-state index contributed by atoms with van der Waals surface area (Å²) in [4.78, 5) is 14.8. The summed E-state index contributed by atoms with van der Waals surface area (Å²) < 4.78 is 10.9. The summed E-state index contributed by atoms with van der Waals surface area (Å²) in [5, 5.41) is 0. The van der Waals surface area contributed by atoms with Crippen LogP contribution in [-0.2, 0) is 6.54 Å². The van der Waals surface area contributed by atoms with Crippen LogP contribution in [0.15, 0.2) is 33.6 Å². The van der Waals surface area contributed by atoms with Gasteiger partial charge in [-0.05, 0) is 19.1 Å². The molecule has 0 radical (unpaired) electrons. The van der Waals surface area contributed by atoms with Gasteiger partial charge < -0.3 is 13.7 Å². The number of hydrogen-bond acceptors (Lipinski definition) is 6. The first-order chi connectivity index (χ1) is 10.3. The van der Waals surface area contributed by atoms with Gasteiger partial charge in [0.1, 0.15) is 12.1 Å². The van der Waals surface area contributed by atoms with Gasteiger partial charge >= 0.3 is 0 Å². The summed E-state index contributed by atoms with van der Waals surface area (Å²) in [6.07, 6.45) is 3.12. The molecule has 6 heteroatoms. The zero-order valence-electron chi connectivity index (χ0n) is 11.8. The van der Waals surface area contributed by atoms with Crippen molar-refractivity contribution < 1.29 is 8.83 Å². The first-order valence-electron chi connectivity index (χ1n) is 6.53. The number of aromatic nitrogens is 3. The number of rotatable bonds is 4. The molecular formula is C15H14N4O2. The Kier molecular flexibility index (Phi) is 3.56. The molecule has 0 aliphatic heterocycles. The highest BCUT2D eigenvalue weighted by Gasteiger charge is 2.17. The first kappa shape index (κ1) is 13.2. The number of aryl methyl sites for hydroxylation is 1. The molecule has 0 fully saturated rings. The van der Waals surface area contributed by atoms with Crippen LogP contribution < -0.4 is 4.90 Å². The Balaban J connectivity index is 2.02. The van der Waals surface area contributed by atoms with E-state index in [2.05, 4.69) is 26.8 Å². The molecule has 6 nitrogen and oxygen atoms in total. The molecular weight excluding hydrogens is 268 g/mol. The van der Waals surface area contributed by atoms with Crippen LogP contribution in [-0.4, -0.2) is 21.5 Å². The average Bonchev–Trinajstić information content (AvgIpc) is 3.11. The number of oxazole rings is 1. The van der Waals surface area contributed by atoms with Crippen LogP contribution in [0.25, 0.3) is 11.2 Å². The van der Waals surface area contributed by atoms with E-state index in [4.69, 9.17) is 8.83 Å². The maximum absolute atomic E-state index is 5.45. The predicted octanol–water partition coefficient (Wildman–Crippen LogP) is 2.55. The maximum Gasteiger partial charge on any atom is 0.252 e. The third kappa shape index (κ3) is 2.72. The van der Waals surface area contributed by atoms with Gasteiger partial charge in [-0.2, -0.15) is 4.98 Å². The predicted molar refractivity (Wildman–Crippen MR) is 77.5 cm³/mol. The molecule has 0 aliphatic carbocycles. The van der Waals surface area contributed by atoms with E-state index in [1.165, 1.54) is 6.33 Å². The molecule has 0 aliphatic rings. The van der Waals surface area contributed by atoms with Crippen LogP contribution in [0.2, 0.25) is 0 Å². The van der Waals surface area contributed by atoms with Crippen LogP contribution in [0.1, 0.15) is 18.6 Å². The molecule has 0 saturated heterocycles. The monoisotopic (exact) mass is 282 g/mol. The van der Waals surface area contributed by atoms with E-state index in [1.54, 1.807) is 20.1 Å². The van der Waals surface area contributed by atoms with Crippen molar-refractivity contribution in [1.82, 2.24) is 15.0 Å². The maximum atomic E-state index is 5.45. The van der Waals surface area contributed by atoms with E-state index >= 15 is 0 Å². The van der Waals surface area contributed by atoms with Crippen molar-refractivity contribution in [3.05, 3.63) is 36.4 Å². The SMILES string of the molecule is CC#CCN(Cc1ccco1)c1ncnc2oc(C)nc12. The quantitative estimate of drug-likeness (QED) is 0.685. The number of fused-ring (bicyclic) bond motifs is 1. The van der Waals surface area contributed by atoms with Gasteiger partial charge in [0.15, 0.2) is 17.2 Å². The lowest BCUT2D eigenvalue weighted by Crippen LogP contribution is -2.24. The molecule has 3 aromatic heterocycles. The molecule has 3 heterocycles. The van der Waals surface area contributed by atoms with Crippen molar-refractivity contribution in [1.29, 1.82) is 0 Å². The lowest BCUT2D eigenvalue weighted by atomic mass is 10.3. The van der Waals surface area contributed by atoms with E-state index in [0.717, 1.165) is 5.76 Å². The van der Waals surface area contributed by atoms with Gasteiger partial charge in [0.25, 0.3) is 5.71 Å². The van der Waals surface area contributed by atoms with Gasteiger partial charge in [-0.25, -0.2) is 9.97 Å². The molecule has 0 aromatic carbocycles. The van der Waals surface area contributed by atoms with Gasteiger partial charge in [-0.15, -0.1) is 5.92 Å². The smallest absolute Gasteiger partial charge is 0.252 e. The molecule has 3 rings (SSSR count).